The molecule has 1 N–H and O–H groups in total. The molecule has 0 radical (unpaired) electrons. The van der Waals surface area contributed by atoms with Gasteiger partial charge in [0.15, 0.2) is 0 Å². The first kappa shape index (κ1) is 17.0. The second-order valence-corrected chi connectivity index (χ2v) is 7.74. The van der Waals surface area contributed by atoms with Gasteiger partial charge in [-0.3, -0.25) is 14.5 Å². The number of rotatable bonds is 4. The number of fused-ring (bicyclic) bond motifs is 1. The molecule has 0 spiro atoms. The smallest absolute Gasteiger partial charge is 0.259 e. The topological polar surface area (TPSA) is 49.4 Å². The van der Waals surface area contributed by atoms with Crippen LogP contribution in [0.2, 0.25) is 0 Å². The fraction of sp³-hybridized carbons (Fsp3) is 0.250. The molecule has 5 rings (SSSR count). The summed E-state index contributed by atoms with van der Waals surface area (Å²) in [7, 11) is 0. The van der Waals surface area contributed by atoms with Gasteiger partial charge in [-0.1, -0.05) is 42.5 Å². The lowest BCUT2D eigenvalue weighted by Crippen LogP contribution is -2.39. The number of carbonyl (C=O) groups excluding carboxylic acids is 2. The first-order valence-corrected chi connectivity index (χ1v) is 9.86. The fourth-order valence-corrected chi connectivity index (χ4v) is 4.51. The Bertz CT molecular complexity index is 1110. The highest BCUT2D eigenvalue weighted by atomic mass is 16.2. The highest BCUT2D eigenvalue weighted by Gasteiger charge is 2.31. The van der Waals surface area contributed by atoms with E-state index in [0.29, 0.717) is 5.56 Å². The number of hydrogen-bond donors (Lipinski definition) is 1. The molecule has 1 heterocycles. The zero-order valence-electron chi connectivity index (χ0n) is 15.9. The fourth-order valence-electron chi connectivity index (χ4n) is 4.51. The van der Waals surface area contributed by atoms with Gasteiger partial charge in [0.2, 0.25) is 5.91 Å². The molecule has 140 valence electrons. The van der Waals surface area contributed by atoms with Crippen LogP contribution in [-0.4, -0.2) is 18.4 Å². The Morgan fingerprint density at radius 2 is 1.86 bits per heavy atom. The van der Waals surface area contributed by atoms with Crippen LogP contribution < -0.4 is 10.2 Å². The maximum absolute atomic E-state index is 12.8. The number of hydrogen-bond acceptors (Lipinski definition) is 2. The van der Waals surface area contributed by atoms with Crippen molar-refractivity contribution >= 4 is 28.3 Å². The molecule has 1 atom stereocenters. The van der Waals surface area contributed by atoms with Crippen LogP contribution in [-0.2, 0) is 17.6 Å². The summed E-state index contributed by atoms with van der Waals surface area (Å²) in [6.07, 6.45) is 3.48. The number of nitrogens with one attached hydrogen (secondary N) is 1. The molecular formula is C24H22N2O2. The molecule has 4 heteroatoms. The van der Waals surface area contributed by atoms with Crippen molar-refractivity contribution in [2.45, 2.75) is 32.2 Å². The van der Waals surface area contributed by atoms with Crippen molar-refractivity contribution in [3.8, 4) is 0 Å². The molecule has 0 aromatic heterocycles. The average molecular weight is 370 g/mol. The minimum atomic E-state index is -0.147. The Labute approximate surface area is 164 Å². The van der Waals surface area contributed by atoms with E-state index in [4.69, 9.17) is 0 Å². The minimum absolute atomic E-state index is 0.0297. The Morgan fingerprint density at radius 3 is 2.71 bits per heavy atom. The van der Waals surface area contributed by atoms with Crippen LogP contribution in [0.3, 0.4) is 0 Å². The van der Waals surface area contributed by atoms with Crippen LogP contribution in [0, 0.1) is 0 Å². The summed E-state index contributed by atoms with van der Waals surface area (Å²) in [5, 5.41) is 5.03. The number of benzene rings is 3. The Hall–Kier alpha value is -3.14. The standard InChI is InChI=1S/C24H22N2O2/c1-15(18-12-11-16-5-2-8-19(16)13-18)25-22(27)14-26-21-10-4-7-17-6-3-9-20(23(17)21)24(26)28/h3-4,6-7,9-13,15H,2,5,8,14H2,1H3,(H,25,27)/t15-/m1/s1. The monoisotopic (exact) mass is 370 g/mol. The van der Waals surface area contributed by atoms with E-state index in [1.165, 1.54) is 17.5 Å². The van der Waals surface area contributed by atoms with E-state index in [-0.39, 0.29) is 24.4 Å². The highest BCUT2D eigenvalue weighted by Crippen LogP contribution is 2.37. The highest BCUT2D eigenvalue weighted by molar-refractivity contribution is 6.26. The lowest BCUT2D eigenvalue weighted by molar-refractivity contribution is -0.120. The van der Waals surface area contributed by atoms with Gasteiger partial charge in [0.1, 0.15) is 6.54 Å². The molecule has 0 unspecified atom stereocenters. The molecule has 2 aliphatic rings. The SMILES string of the molecule is C[C@@H](NC(=O)CN1C(=O)c2cccc3cccc1c23)c1ccc2c(c1)CCC2. The van der Waals surface area contributed by atoms with Gasteiger partial charge in [0.05, 0.1) is 11.7 Å². The Kier molecular flexibility index (Phi) is 3.93. The van der Waals surface area contributed by atoms with E-state index >= 15 is 0 Å². The molecule has 0 fully saturated rings. The summed E-state index contributed by atoms with van der Waals surface area (Å²) >= 11 is 0. The maximum Gasteiger partial charge on any atom is 0.259 e. The molecule has 3 aromatic rings. The van der Waals surface area contributed by atoms with Crippen LogP contribution in [0.4, 0.5) is 5.69 Å². The average Bonchev–Trinajstić information content (AvgIpc) is 3.27. The quantitative estimate of drug-likeness (QED) is 0.749. The van der Waals surface area contributed by atoms with Crippen molar-refractivity contribution in [3.05, 3.63) is 76.9 Å². The number of carbonyl (C=O) groups is 2. The van der Waals surface area contributed by atoms with Crippen molar-refractivity contribution in [2.24, 2.45) is 0 Å². The van der Waals surface area contributed by atoms with Gasteiger partial charge in [0.25, 0.3) is 5.91 Å². The second kappa shape index (κ2) is 6.48. The normalized spacial score (nSPS) is 15.8. The van der Waals surface area contributed by atoms with E-state index in [1.807, 2.05) is 43.3 Å². The molecule has 2 amide bonds. The van der Waals surface area contributed by atoms with Gasteiger partial charge in [-0.2, -0.15) is 0 Å². The second-order valence-electron chi connectivity index (χ2n) is 7.74. The predicted molar refractivity (Wildman–Crippen MR) is 111 cm³/mol. The van der Waals surface area contributed by atoms with Crippen molar-refractivity contribution in [2.75, 3.05) is 11.4 Å². The summed E-state index contributed by atoms with van der Waals surface area (Å²) < 4.78 is 0. The molecule has 4 nitrogen and oxygen atoms in total. The van der Waals surface area contributed by atoms with Crippen molar-refractivity contribution in [1.82, 2.24) is 5.32 Å². The van der Waals surface area contributed by atoms with E-state index < -0.39 is 0 Å². The summed E-state index contributed by atoms with van der Waals surface area (Å²) in [4.78, 5) is 27.2. The lowest BCUT2D eigenvalue weighted by Gasteiger charge is -2.20. The van der Waals surface area contributed by atoms with Gasteiger partial charge < -0.3 is 5.32 Å². The zero-order chi connectivity index (χ0) is 19.3. The van der Waals surface area contributed by atoms with Gasteiger partial charge >= 0.3 is 0 Å². The maximum atomic E-state index is 12.8. The van der Waals surface area contributed by atoms with Crippen LogP contribution >= 0.6 is 0 Å². The molecule has 1 aliphatic carbocycles. The molecular weight excluding hydrogens is 348 g/mol. The molecule has 0 bridgehead atoms. The lowest BCUT2D eigenvalue weighted by atomic mass is 10.0. The van der Waals surface area contributed by atoms with E-state index in [2.05, 4.69) is 23.5 Å². The molecule has 1 aliphatic heterocycles. The summed E-state index contributed by atoms with van der Waals surface area (Å²) in [6, 6.07) is 18.0. The molecule has 3 aromatic carbocycles. The number of amides is 2. The van der Waals surface area contributed by atoms with Crippen LogP contribution in [0.1, 0.15) is 46.4 Å². The van der Waals surface area contributed by atoms with Crippen molar-refractivity contribution < 1.29 is 9.59 Å². The number of aryl methyl sites for hydroxylation is 2. The van der Waals surface area contributed by atoms with Crippen molar-refractivity contribution in [1.29, 1.82) is 0 Å². The zero-order valence-corrected chi connectivity index (χ0v) is 15.9. The molecule has 28 heavy (non-hydrogen) atoms. The Balaban J connectivity index is 1.34. The summed E-state index contributed by atoms with van der Waals surface area (Å²) in [5.74, 6) is -0.252. The van der Waals surface area contributed by atoms with Crippen LogP contribution in [0.5, 0.6) is 0 Å². The van der Waals surface area contributed by atoms with Crippen LogP contribution in [0.15, 0.2) is 54.6 Å². The van der Waals surface area contributed by atoms with Gasteiger partial charge in [-0.15, -0.1) is 0 Å². The third-order valence-electron chi connectivity index (χ3n) is 5.95. The largest absolute Gasteiger partial charge is 0.348 e. The summed E-state index contributed by atoms with van der Waals surface area (Å²) in [5.41, 5.74) is 5.43. The third-order valence-corrected chi connectivity index (χ3v) is 5.95. The van der Waals surface area contributed by atoms with Crippen LogP contribution in [0.25, 0.3) is 10.8 Å². The van der Waals surface area contributed by atoms with E-state index in [0.717, 1.165) is 34.9 Å². The van der Waals surface area contributed by atoms with Gasteiger partial charge in [-0.05, 0) is 60.4 Å². The predicted octanol–water partition coefficient (Wildman–Crippen LogP) is 4.17. The van der Waals surface area contributed by atoms with E-state index in [1.54, 1.807) is 4.90 Å². The Morgan fingerprint density at radius 1 is 1.07 bits per heavy atom. The first-order valence-electron chi connectivity index (χ1n) is 9.86. The third kappa shape index (κ3) is 2.68. The van der Waals surface area contributed by atoms with Gasteiger partial charge in [-0.25, -0.2) is 0 Å². The number of anilines is 1. The minimum Gasteiger partial charge on any atom is -0.348 e. The van der Waals surface area contributed by atoms with Crippen molar-refractivity contribution in [3.63, 3.8) is 0 Å². The summed E-state index contributed by atoms with van der Waals surface area (Å²) in [6.45, 7) is 2.03. The van der Waals surface area contributed by atoms with E-state index in [9.17, 15) is 9.59 Å². The number of nitrogens with zero attached hydrogens (tertiary/aromatic N) is 1. The van der Waals surface area contributed by atoms with Gasteiger partial charge in [0, 0.05) is 10.9 Å². The molecule has 0 saturated carbocycles. The first-order chi connectivity index (χ1) is 13.6. The molecule has 0 saturated heterocycles.